The van der Waals surface area contributed by atoms with E-state index in [1.54, 1.807) is 18.2 Å². The van der Waals surface area contributed by atoms with Gasteiger partial charge in [-0.2, -0.15) is 0 Å². The normalized spacial score (nSPS) is 11.2. The van der Waals surface area contributed by atoms with Crippen LogP contribution < -0.4 is 10.6 Å². The van der Waals surface area contributed by atoms with Gasteiger partial charge in [-0.3, -0.25) is 0 Å². The number of benzene rings is 1. The number of amides is 2. The first-order chi connectivity index (χ1) is 8.34. The average Bonchev–Trinajstić information content (AvgIpc) is 2.21. The van der Waals surface area contributed by atoms with Gasteiger partial charge in [-0.1, -0.05) is 27.5 Å². The Hall–Kier alpha value is -0.780. The van der Waals surface area contributed by atoms with Crippen LogP contribution in [0, 0.1) is 0 Å². The molecule has 6 heteroatoms. The second-order valence-corrected chi connectivity index (χ2v) is 5.88. The fourth-order valence-electron chi connectivity index (χ4n) is 1.39. The molecule has 0 atom stereocenters. The minimum Gasteiger partial charge on any atom is -0.396 e. The van der Waals surface area contributed by atoms with Crippen LogP contribution >= 0.6 is 27.5 Å². The Morgan fingerprint density at radius 1 is 1.50 bits per heavy atom. The molecule has 0 heterocycles. The Morgan fingerprint density at radius 3 is 2.72 bits per heavy atom. The summed E-state index contributed by atoms with van der Waals surface area (Å²) in [6, 6.07) is 4.86. The number of carbonyl (C=O) groups is 1. The molecule has 0 aliphatic heterocycles. The van der Waals surface area contributed by atoms with Crippen molar-refractivity contribution in [2.75, 3.05) is 11.9 Å². The van der Waals surface area contributed by atoms with Crippen LogP contribution in [0.25, 0.3) is 0 Å². The maximum absolute atomic E-state index is 11.8. The molecule has 1 aromatic carbocycles. The van der Waals surface area contributed by atoms with Crippen LogP contribution in [0.4, 0.5) is 10.5 Å². The number of halogens is 2. The predicted molar refractivity (Wildman–Crippen MR) is 77.1 cm³/mol. The minimum atomic E-state index is -0.472. The number of aliphatic hydroxyl groups excluding tert-OH is 1. The van der Waals surface area contributed by atoms with Crippen molar-refractivity contribution in [3.05, 3.63) is 27.7 Å². The van der Waals surface area contributed by atoms with Gasteiger partial charge in [-0.05, 0) is 38.5 Å². The summed E-state index contributed by atoms with van der Waals surface area (Å²) in [6.07, 6.45) is 0.481. The van der Waals surface area contributed by atoms with Crippen LogP contribution in [-0.4, -0.2) is 23.3 Å². The Balaban J connectivity index is 2.65. The van der Waals surface area contributed by atoms with Crippen molar-refractivity contribution in [2.45, 2.75) is 25.8 Å². The van der Waals surface area contributed by atoms with E-state index in [2.05, 4.69) is 26.6 Å². The highest BCUT2D eigenvalue weighted by atomic mass is 79.9. The number of hydrogen-bond donors (Lipinski definition) is 3. The van der Waals surface area contributed by atoms with E-state index in [-0.39, 0.29) is 12.6 Å². The van der Waals surface area contributed by atoms with Crippen molar-refractivity contribution in [3.8, 4) is 0 Å². The number of hydrogen-bond acceptors (Lipinski definition) is 2. The summed E-state index contributed by atoms with van der Waals surface area (Å²) in [5.74, 6) is 0. The first-order valence-corrected chi connectivity index (χ1v) is 6.66. The summed E-state index contributed by atoms with van der Waals surface area (Å²) in [5, 5.41) is 14.8. The Bertz CT molecular complexity index is 438. The highest BCUT2D eigenvalue weighted by Crippen LogP contribution is 2.25. The lowest BCUT2D eigenvalue weighted by molar-refractivity contribution is 0.218. The van der Waals surface area contributed by atoms with Gasteiger partial charge >= 0.3 is 6.03 Å². The van der Waals surface area contributed by atoms with Crippen molar-refractivity contribution >= 4 is 39.2 Å². The molecule has 4 nitrogen and oxygen atoms in total. The number of rotatable bonds is 4. The lowest BCUT2D eigenvalue weighted by Gasteiger charge is -2.25. The van der Waals surface area contributed by atoms with Crippen molar-refractivity contribution in [1.29, 1.82) is 0 Å². The Kier molecular flexibility index (Phi) is 5.44. The van der Waals surface area contributed by atoms with E-state index in [0.717, 1.165) is 4.47 Å². The maximum atomic E-state index is 11.8. The first kappa shape index (κ1) is 15.3. The van der Waals surface area contributed by atoms with Gasteiger partial charge in [0.1, 0.15) is 0 Å². The van der Waals surface area contributed by atoms with Gasteiger partial charge in [-0.25, -0.2) is 4.79 Å². The van der Waals surface area contributed by atoms with Gasteiger partial charge in [0.2, 0.25) is 0 Å². The molecule has 1 rings (SSSR count). The van der Waals surface area contributed by atoms with E-state index in [4.69, 9.17) is 16.7 Å². The van der Waals surface area contributed by atoms with Crippen molar-refractivity contribution < 1.29 is 9.90 Å². The van der Waals surface area contributed by atoms with Gasteiger partial charge in [0.05, 0.1) is 10.7 Å². The minimum absolute atomic E-state index is 0.0202. The molecule has 0 bridgehead atoms. The summed E-state index contributed by atoms with van der Waals surface area (Å²) < 4.78 is 0.846. The van der Waals surface area contributed by atoms with E-state index in [0.29, 0.717) is 17.1 Å². The van der Waals surface area contributed by atoms with E-state index in [1.807, 2.05) is 13.8 Å². The van der Waals surface area contributed by atoms with Crippen LogP contribution in [0.2, 0.25) is 5.02 Å². The third kappa shape index (κ3) is 4.84. The molecule has 0 fully saturated rings. The van der Waals surface area contributed by atoms with Crippen LogP contribution in [0.15, 0.2) is 22.7 Å². The molecule has 0 aliphatic rings. The van der Waals surface area contributed by atoms with Crippen LogP contribution in [0.3, 0.4) is 0 Å². The van der Waals surface area contributed by atoms with Crippen molar-refractivity contribution in [2.24, 2.45) is 0 Å². The molecule has 0 aromatic heterocycles. The number of anilines is 1. The molecule has 0 unspecified atom stereocenters. The lowest BCUT2D eigenvalue weighted by Crippen LogP contribution is -2.46. The van der Waals surface area contributed by atoms with Gasteiger partial charge < -0.3 is 15.7 Å². The zero-order valence-corrected chi connectivity index (χ0v) is 12.6. The standard InChI is InChI=1S/C12H16BrClN2O2/c1-12(2,5-6-17)16-11(18)15-10-4-3-8(13)7-9(10)14/h3-4,7,17H,5-6H2,1-2H3,(H2,15,16,18). The van der Waals surface area contributed by atoms with Crippen LogP contribution in [-0.2, 0) is 0 Å². The largest absolute Gasteiger partial charge is 0.396 e. The van der Waals surface area contributed by atoms with E-state index in [9.17, 15) is 4.79 Å². The fraction of sp³-hybridized carbons (Fsp3) is 0.417. The number of urea groups is 1. The second kappa shape index (κ2) is 6.41. The third-order valence-corrected chi connectivity index (χ3v) is 3.17. The quantitative estimate of drug-likeness (QED) is 0.790. The molecular weight excluding hydrogens is 320 g/mol. The zero-order valence-electron chi connectivity index (χ0n) is 10.3. The van der Waals surface area contributed by atoms with Gasteiger partial charge in [0, 0.05) is 16.6 Å². The third-order valence-electron chi connectivity index (χ3n) is 2.37. The molecule has 3 N–H and O–H groups in total. The molecular formula is C12H16BrClN2O2. The molecule has 2 amide bonds. The summed E-state index contributed by atoms with van der Waals surface area (Å²) >= 11 is 9.28. The fourth-order valence-corrected chi connectivity index (χ4v) is 2.11. The summed E-state index contributed by atoms with van der Waals surface area (Å²) in [6.45, 7) is 3.70. The number of nitrogens with one attached hydrogen (secondary N) is 2. The number of carbonyl (C=O) groups excluding carboxylic acids is 1. The number of aliphatic hydroxyl groups is 1. The van der Waals surface area contributed by atoms with Crippen LogP contribution in [0.5, 0.6) is 0 Å². The summed E-state index contributed by atoms with van der Waals surface area (Å²) in [7, 11) is 0. The smallest absolute Gasteiger partial charge is 0.319 e. The molecule has 0 aliphatic carbocycles. The second-order valence-electron chi connectivity index (χ2n) is 4.56. The highest BCUT2D eigenvalue weighted by molar-refractivity contribution is 9.10. The molecule has 18 heavy (non-hydrogen) atoms. The first-order valence-electron chi connectivity index (χ1n) is 5.49. The van der Waals surface area contributed by atoms with Gasteiger partial charge in [-0.15, -0.1) is 0 Å². The molecule has 0 saturated carbocycles. The van der Waals surface area contributed by atoms with E-state index in [1.165, 1.54) is 0 Å². The molecule has 0 radical (unpaired) electrons. The van der Waals surface area contributed by atoms with Crippen molar-refractivity contribution in [3.63, 3.8) is 0 Å². The monoisotopic (exact) mass is 334 g/mol. The lowest BCUT2D eigenvalue weighted by atomic mass is 10.0. The maximum Gasteiger partial charge on any atom is 0.319 e. The SMILES string of the molecule is CC(C)(CCO)NC(=O)Nc1ccc(Br)cc1Cl. The summed E-state index contributed by atoms with van der Waals surface area (Å²) in [4.78, 5) is 11.8. The Morgan fingerprint density at radius 2 is 2.17 bits per heavy atom. The topological polar surface area (TPSA) is 61.4 Å². The van der Waals surface area contributed by atoms with Crippen LogP contribution in [0.1, 0.15) is 20.3 Å². The van der Waals surface area contributed by atoms with Gasteiger partial charge in [0.15, 0.2) is 0 Å². The highest BCUT2D eigenvalue weighted by Gasteiger charge is 2.19. The molecule has 0 spiro atoms. The average molecular weight is 336 g/mol. The summed E-state index contributed by atoms with van der Waals surface area (Å²) in [5.41, 5.74) is 0.0675. The van der Waals surface area contributed by atoms with E-state index >= 15 is 0 Å². The zero-order chi connectivity index (χ0) is 13.8. The molecule has 0 saturated heterocycles. The Labute approximate surface area is 120 Å². The van der Waals surface area contributed by atoms with Gasteiger partial charge in [0.25, 0.3) is 0 Å². The molecule has 1 aromatic rings. The van der Waals surface area contributed by atoms with E-state index < -0.39 is 5.54 Å². The molecule has 100 valence electrons. The van der Waals surface area contributed by atoms with Crippen molar-refractivity contribution in [1.82, 2.24) is 5.32 Å². The predicted octanol–water partition coefficient (Wildman–Crippen LogP) is 3.39.